The maximum Gasteiger partial charge on any atom is 0.236 e. The van der Waals surface area contributed by atoms with Crippen molar-refractivity contribution in [1.82, 2.24) is 14.8 Å². The zero-order valence-corrected chi connectivity index (χ0v) is 18.1. The Labute approximate surface area is 180 Å². The average molecular weight is 408 g/mol. The van der Waals surface area contributed by atoms with Gasteiger partial charge in [0.25, 0.3) is 0 Å². The minimum Gasteiger partial charge on any atom is -0.497 e. The summed E-state index contributed by atoms with van der Waals surface area (Å²) in [5, 5.41) is 0. The van der Waals surface area contributed by atoms with Gasteiger partial charge in [0.2, 0.25) is 5.91 Å². The van der Waals surface area contributed by atoms with Gasteiger partial charge in [0, 0.05) is 43.4 Å². The molecule has 0 N–H and O–H groups in total. The molecule has 0 bridgehead atoms. The standard InChI is InChI=1S/C25H33N3O2/c1-30-23-11-5-8-20(17-23)16-22-10-6-12-24(26-22)21-9-7-13-27(18-21)19-25(29)28-14-3-2-4-15-28/h5-6,8,10-12,17,21H,2-4,7,9,13-16,18-19H2,1H3. The van der Waals surface area contributed by atoms with Crippen LogP contribution in [0.1, 0.15) is 55.0 Å². The second-order valence-corrected chi connectivity index (χ2v) is 8.60. The van der Waals surface area contributed by atoms with Gasteiger partial charge in [-0.2, -0.15) is 0 Å². The van der Waals surface area contributed by atoms with Gasteiger partial charge in [-0.05, 0) is 68.5 Å². The van der Waals surface area contributed by atoms with Crippen LogP contribution in [0.4, 0.5) is 0 Å². The number of carbonyl (C=O) groups excluding carboxylic acids is 1. The number of hydrogen-bond acceptors (Lipinski definition) is 4. The topological polar surface area (TPSA) is 45.7 Å². The van der Waals surface area contributed by atoms with Crippen molar-refractivity contribution < 1.29 is 9.53 Å². The SMILES string of the molecule is COc1cccc(Cc2cccc(C3CCCN(CC(=O)N4CCCCC4)C3)n2)c1. The summed E-state index contributed by atoms with van der Waals surface area (Å²) >= 11 is 0. The number of carbonyl (C=O) groups is 1. The highest BCUT2D eigenvalue weighted by Crippen LogP contribution is 2.26. The number of pyridine rings is 1. The number of likely N-dealkylation sites (tertiary alicyclic amines) is 2. The lowest BCUT2D eigenvalue weighted by molar-refractivity contribution is -0.133. The van der Waals surface area contributed by atoms with Crippen molar-refractivity contribution in [2.24, 2.45) is 0 Å². The molecule has 4 rings (SSSR count). The molecular formula is C25H33N3O2. The highest BCUT2D eigenvalue weighted by atomic mass is 16.5. The molecule has 2 aliphatic rings. The van der Waals surface area contributed by atoms with Crippen LogP contribution in [0.5, 0.6) is 5.75 Å². The summed E-state index contributed by atoms with van der Waals surface area (Å²) in [5.41, 5.74) is 3.45. The molecule has 2 aromatic rings. The van der Waals surface area contributed by atoms with Crippen LogP contribution in [0.3, 0.4) is 0 Å². The first-order valence-electron chi connectivity index (χ1n) is 11.3. The Morgan fingerprint density at radius 2 is 1.90 bits per heavy atom. The molecule has 5 heteroatoms. The van der Waals surface area contributed by atoms with Crippen molar-refractivity contribution in [3.05, 3.63) is 59.4 Å². The number of ether oxygens (including phenoxy) is 1. The van der Waals surface area contributed by atoms with E-state index in [2.05, 4.69) is 40.1 Å². The smallest absolute Gasteiger partial charge is 0.236 e. The van der Waals surface area contributed by atoms with Gasteiger partial charge < -0.3 is 9.64 Å². The Bertz CT molecular complexity index is 848. The van der Waals surface area contributed by atoms with Crippen LogP contribution in [0.2, 0.25) is 0 Å². The van der Waals surface area contributed by atoms with Crippen LogP contribution in [0, 0.1) is 0 Å². The molecule has 5 nitrogen and oxygen atoms in total. The largest absolute Gasteiger partial charge is 0.497 e. The predicted octanol–water partition coefficient (Wildman–Crippen LogP) is 3.87. The lowest BCUT2D eigenvalue weighted by atomic mass is 9.93. The van der Waals surface area contributed by atoms with E-state index >= 15 is 0 Å². The van der Waals surface area contributed by atoms with Crippen molar-refractivity contribution in [2.45, 2.75) is 44.4 Å². The first-order valence-corrected chi connectivity index (χ1v) is 11.3. The van der Waals surface area contributed by atoms with Crippen molar-refractivity contribution in [3.63, 3.8) is 0 Å². The molecular weight excluding hydrogens is 374 g/mol. The van der Waals surface area contributed by atoms with Crippen LogP contribution in [-0.2, 0) is 11.2 Å². The summed E-state index contributed by atoms with van der Waals surface area (Å²) in [5.74, 6) is 1.58. The Kier molecular flexibility index (Phi) is 7.00. The molecule has 160 valence electrons. The van der Waals surface area contributed by atoms with Crippen molar-refractivity contribution in [1.29, 1.82) is 0 Å². The fourth-order valence-corrected chi connectivity index (χ4v) is 4.69. The highest BCUT2D eigenvalue weighted by molar-refractivity contribution is 5.78. The first-order chi connectivity index (χ1) is 14.7. The third kappa shape index (κ3) is 5.39. The summed E-state index contributed by atoms with van der Waals surface area (Å²) in [6.45, 7) is 4.36. The molecule has 1 amide bonds. The monoisotopic (exact) mass is 407 g/mol. The fourth-order valence-electron chi connectivity index (χ4n) is 4.69. The van der Waals surface area contributed by atoms with E-state index in [-0.39, 0.29) is 0 Å². The van der Waals surface area contributed by atoms with Crippen molar-refractivity contribution in [2.75, 3.05) is 39.8 Å². The normalized spacial score (nSPS) is 20.2. The fraction of sp³-hybridized carbons (Fsp3) is 0.520. The van der Waals surface area contributed by atoms with Gasteiger partial charge in [-0.1, -0.05) is 18.2 Å². The van der Waals surface area contributed by atoms with E-state index in [1.54, 1.807) is 7.11 Å². The Morgan fingerprint density at radius 3 is 2.73 bits per heavy atom. The second kappa shape index (κ2) is 10.1. The molecule has 0 aliphatic carbocycles. The molecule has 2 fully saturated rings. The van der Waals surface area contributed by atoms with Crippen LogP contribution < -0.4 is 4.74 Å². The van der Waals surface area contributed by atoms with Crippen molar-refractivity contribution in [3.8, 4) is 5.75 Å². The lowest BCUT2D eigenvalue weighted by Gasteiger charge is -2.34. The summed E-state index contributed by atoms with van der Waals surface area (Å²) in [6.07, 6.45) is 6.63. The molecule has 1 unspecified atom stereocenters. The molecule has 1 atom stereocenters. The summed E-state index contributed by atoms with van der Waals surface area (Å²) in [6, 6.07) is 14.6. The number of aromatic nitrogens is 1. The third-order valence-electron chi connectivity index (χ3n) is 6.34. The van der Waals surface area contributed by atoms with E-state index in [9.17, 15) is 4.79 Å². The molecule has 0 spiro atoms. The number of benzene rings is 1. The van der Waals surface area contributed by atoms with Crippen molar-refractivity contribution >= 4 is 5.91 Å². The number of piperidine rings is 2. The molecule has 1 aromatic heterocycles. The van der Waals surface area contributed by atoms with E-state index < -0.39 is 0 Å². The maximum absolute atomic E-state index is 12.7. The van der Waals surface area contributed by atoms with Crippen LogP contribution >= 0.6 is 0 Å². The zero-order chi connectivity index (χ0) is 20.8. The molecule has 1 aromatic carbocycles. The molecule has 2 aliphatic heterocycles. The van der Waals surface area contributed by atoms with E-state index in [1.807, 2.05) is 12.1 Å². The molecule has 0 radical (unpaired) electrons. The van der Waals surface area contributed by atoms with Crippen LogP contribution in [-0.4, -0.2) is 60.5 Å². The van der Waals surface area contributed by atoms with Gasteiger partial charge in [-0.25, -0.2) is 0 Å². The molecule has 0 saturated carbocycles. The van der Waals surface area contributed by atoms with Gasteiger partial charge in [0.1, 0.15) is 5.75 Å². The van der Waals surface area contributed by atoms with Gasteiger partial charge in [0.05, 0.1) is 13.7 Å². The number of amides is 1. The predicted molar refractivity (Wildman–Crippen MR) is 119 cm³/mol. The second-order valence-electron chi connectivity index (χ2n) is 8.60. The number of rotatable bonds is 6. The maximum atomic E-state index is 12.7. The molecule has 30 heavy (non-hydrogen) atoms. The minimum absolute atomic E-state index is 0.301. The number of hydrogen-bond donors (Lipinski definition) is 0. The zero-order valence-electron chi connectivity index (χ0n) is 18.1. The van der Waals surface area contributed by atoms with Gasteiger partial charge in [0.15, 0.2) is 0 Å². The Hall–Kier alpha value is -2.40. The number of methoxy groups -OCH3 is 1. The first kappa shape index (κ1) is 20.9. The Morgan fingerprint density at radius 1 is 1.07 bits per heavy atom. The van der Waals surface area contributed by atoms with Crippen LogP contribution in [0.25, 0.3) is 0 Å². The lowest BCUT2D eigenvalue weighted by Crippen LogP contribution is -2.45. The third-order valence-corrected chi connectivity index (χ3v) is 6.34. The summed E-state index contributed by atoms with van der Waals surface area (Å²) in [4.78, 5) is 22.1. The highest BCUT2D eigenvalue weighted by Gasteiger charge is 2.26. The number of nitrogens with zero attached hydrogens (tertiary/aromatic N) is 3. The van der Waals surface area contributed by atoms with E-state index in [4.69, 9.17) is 9.72 Å². The Balaban J connectivity index is 1.38. The summed E-state index contributed by atoms with van der Waals surface area (Å²) in [7, 11) is 1.70. The van der Waals surface area contributed by atoms with Gasteiger partial charge in [-0.3, -0.25) is 14.7 Å². The quantitative estimate of drug-likeness (QED) is 0.729. The van der Waals surface area contributed by atoms with E-state index in [0.717, 1.165) is 75.4 Å². The van der Waals surface area contributed by atoms with Gasteiger partial charge >= 0.3 is 0 Å². The van der Waals surface area contributed by atoms with E-state index in [0.29, 0.717) is 18.4 Å². The molecule has 3 heterocycles. The summed E-state index contributed by atoms with van der Waals surface area (Å²) < 4.78 is 5.34. The average Bonchev–Trinajstić information content (AvgIpc) is 2.80. The minimum atomic E-state index is 0.301. The van der Waals surface area contributed by atoms with Gasteiger partial charge in [-0.15, -0.1) is 0 Å². The van der Waals surface area contributed by atoms with Crippen LogP contribution in [0.15, 0.2) is 42.5 Å². The molecule has 2 saturated heterocycles. The van der Waals surface area contributed by atoms with E-state index in [1.165, 1.54) is 12.0 Å².